The number of hydrogen-bond donors (Lipinski definition) is 3. The fraction of sp³-hybridized carbons (Fsp3) is 0.0476. The van der Waals surface area contributed by atoms with Crippen LogP contribution in [0.15, 0.2) is 59.5 Å². The molecule has 0 saturated heterocycles. The molecule has 0 heterocycles. The first-order valence-electron chi connectivity index (χ1n) is 8.58. The Bertz CT molecular complexity index is 1310. The first-order valence-corrected chi connectivity index (χ1v) is 10.0. The Kier molecular flexibility index (Phi) is 4.25. The summed E-state index contributed by atoms with van der Waals surface area (Å²) in [5.74, 6) is -1.15. The molecule has 0 saturated carbocycles. The summed E-state index contributed by atoms with van der Waals surface area (Å²) >= 11 is 0. The number of hydrogen-bond acceptors (Lipinski definition) is 6. The minimum atomic E-state index is -4.34. The predicted octanol–water partition coefficient (Wildman–Crippen LogP) is 3.47. The summed E-state index contributed by atoms with van der Waals surface area (Å²) in [5.41, 5.74) is 1.72. The highest BCUT2D eigenvalue weighted by Gasteiger charge is 2.34. The summed E-state index contributed by atoms with van der Waals surface area (Å²) in [6.45, 7) is 1.63. The molecule has 1 aliphatic carbocycles. The lowest BCUT2D eigenvalue weighted by Crippen LogP contribution is -2.22. The molecule has 0 amide bonds. The van der Waals surface area contributed by atoms with Crippen LogP contribution in [0.5, 0.6) is 5.75 Å². The summed E-state index contributed by atoms with van der Waals surface area (Å²) in [4.78, 5) is 25.7. The van der Waals surface area contributed by atoms with Gasteiger partial charge in [-0.25, -0.2) is 0 Å². The molecule has 0 atom stereocenters. The smallest absolute Gasteiger partial charge is 0.294 e. The first kappa shape index (κ1) is 18.9. The van der Waals surface area contributed by atoms with Crippen LogP contribution in [-0.4, -0.2) is 29.6 Å². The molecule has 7 nitrogen and oxygen atoms in total. The molecule has 0 aromatic heterocycles. The number of fused-ring (bicyclic) bond motifs is 2. The summed E-state index contributed by atoms with van der Waals surface area (Å²) in [6.07, 6.45) is 0. The molecular formula is C21H15NO6S. The third-order valence-electron chi connectivity index (χ3n) is 4.82. The maximum Gasteiger partial charge on any atom is 0.294 e. The van der Waals surface area contributed by atoms with Crippen LogP contribution in [0.3, 0.4) is 0 Å². The molecule has 0 radical (unpaired) electrons. The van der Waals surface area contributed by atoms with Crippen LogP contribution in [0.4, 0.5) is 11.4 Å². The molecule has 3 N–H and O–H groups in total. The van der Waals surface area contributed by atoms with E-state index >= 15 is 0 Å². The van der Waals surface area contributed by atoms with Gasteiger partial charge in [0.2, 0.25) is 0 Å². The van der Waals surface area contributed by atoms with E-state index in [2.05, 4.69) is 5.32 Å². The third kappa shape index (κ3) is 3.08. The van der Waals surface area contributed by atoms with E-state index in [1.54, 1.807) is 25.1 Å². The van der Waals surface area contributed by atoms with Crippen LogP contribution < -0.4 is 5.32 Å². The Morgan fingerprint density at radius 3 is 2.00 bits per heavy atom. The summed E-state index contributed by atoms with van der Waals surface area (Å²) in [6, 6.07) is 13.1. The van der Waals surface area contributed by atoms with Crippen molar-refractivity contribution in [2.45, 2.75) is 11.8 Å². The van der Waals surface area contributed by atoms with Crippen LogP contribution in [0.1, 0.15) is 37.4 Å². The monoisotopic (exact) mass is 409 g/mol. The van der Waals surface area contributed by atoms with Crippen LogP contribution >= 0.6 is 0 Å². The summed E-state index contributed by atoms with van der Waals surface area (Å²) in [7, 11) is -4.34. The van der Waals surface area contributed by atoms with Gasteiger partial charge in [-0.2, -0.15) is 8.42 Å². The lowest BCUT2D eigenvalue weighted by molar-refractivity contribution is 0.0977. The highest BCUT2D eigenvalue weighted by Crippen LogP contribution is 2.38. The van der Waals surface area contributed by atoms with E-state index in [4.69, 9.17) is 0 Å². The fourth-order valence-corrected chi connectivity index (χ4v) is 3.96. The van der Waals surface area contributed by atoms with E-state index in [9.17, 15) is 27.7 Å². The van der Waals surface area contributed by atoms with Crippen LogP contribution in [0, 0.1) is 6.92 Å². The van der Waals surface area contributed by atoms with Crippen molar-refractivity contribution in [3.8, 4) is 5.75 Å². The van der Waals surface area contributed by atoms with Crippen molar-refractivity contribution in [3.63, 3.8) is 0 Å². The molecule has 0 aliphatic heterocycles. The van der Waals surface area contributed by atoms with E-state index in [1.807, 2.05) is 0 Å². The summed E-state index contributed by atoms with van der Waals surface area (Å²) in [5, 5.41) is 13.3. The number of phenols is 1. The Morgan fingerprint density at radius 1 is 0.828 bits per heavy atom. The quantitative estimate of drug-likeness (QED) is 0.350. The molecule has 0 bridgehead atoms. The second-order valence-corrected chi connectivity index (χ2v) is 8.08. The van der Waals surface area contributed by atoms with Crippen molar-refractivity contribution in [2.75, 3.05) is 5.32 Å². The standard InChI is InChI=1S/C21H15NO6S/c1-11-10-12(29(26,27)28)6-7-15(11)22-16-8-9-17(23)19-18(16)20(24)13-4-2-3-5-14(13)21(19)25/h2-10,22-23H,1H3,(H,26,27,28). The highest BCUT2D eigenvalue weighted by atomic mass is 32.2. The molecule has 29 heavy (non-hydrogen) atoms. The number of benzene rings is 3. The van der Waals surface area contributed by atoms with Gasteiger partial charge in [0.25, 0.3) is 10.1 Å². The molecule has 0 fully saturated rings. The number of phenolic OH excluding ortho intramolecular Hbond substituents is 1. The molecule has 0 unspecified atom stereocenters. The Hall–Kier alpha value is -3.49. The number of carbonyl (C=O) groups excluding carboxylic acids is 2. The Labute approximate surface area is 166 Å². The van der Waals surface area contributed by atoms with Crippen LogP contribution in [-0.2, 0) is 10.1 Å². The number of rotatable bonds is 3. The Balaban J connectivity index is 1.84. The normalized spacial score (nSPS) is 13.0. The topological polar surface area (TPSA) is 121 Å². The largest absolute Gasteiger partial charge is 0.507 e. The average Bonchev–Trinajstić information content (AvgIpc) is 2.68. The minimum Gasteiger partial charge on any atom is -0.507 e. The molecule has 8 heteroatoms. The van der Waals surface area contributed by atoms with Gasteiger partial charge in [0.1, 0.15) is 5.75 Å². The number of nitrogens with one attached hydrogen (secondary N) is 1. The molecule has 3 aromatic carbocycles. The van der Waals surface area contributed by atoms with Gasteiger partial charge in [-0.3, -0.25) is 14.1 Å². The van der Waals surface area contributed by atoms with Crippen molar-refractivity contribution in [1.29, 1.82) is 0 Å². The van der Waals surface area contributed by atoms with Gasteiger partial charge in [0, 0.05) is 16.8 Å². The second-order valence-electron chi connectivity index (χ2n) is 6.66. The number of aromatic hydroxyl groups is 1. The molecule has 146 valence electrons. The molecule has 0 spiro atoms. The second kappa shape index (κ2) is 6.54. The lowest BCUT2D eigenvalue weighted by atomic mass is 9.82. The zero-order chi connectivity index (χ0) is 20.9. The van der Waals surface area contributed by atoms with E-state index in [-0.39, 0.29) is 32.9 Å². The van der Waals surface area contributed by atoms with Crippen LogP contribution in [0.2, 0.25) is 0 Å². The Morgan fingerprint density at radius 2 is 1.41 bits per heavy atom. The van der Waals surface area contributed by atoms with Gasteiger partial charge in [0.05, 0.1) is 21.7 Å². The van der Waals surface area contributed by atoms with Crippen molar-refractivity contribution in [1.82, 2.24) is 0 Å². The maximum absolute atomic E-state index is 13.1. The number of ketones is 2. The van der Waals surface area contributed by atoms with E-state index in [1.165, 1.54) is 36.4 Å². The molecule has 1 aliphatic rings. The predicted molar refractivity (Wildman–Crippen MR) is 106 cm³/mol. The van der Waals surface area contributed by atoms with E-state index < -0.39 is 21.7 Å². The van der Waals surface area contributed by atoms with Crippen molar-refractivity contribution in [3.05, 3.63) is 82.4 Å². The number of aryl methyl sites for hydroxylation is 1. The lowest BCUT2D eigenvalue weighted by Gasteiger charge is -2.22. The third-order valence-corrected chi connectivity index (χ3v) is 5.67. The van der Waals surface area contributed by atoms with Gasteiger partial charge in [0.15, 0.2) is 11.6 Å². The number of carbonyl (C=O) groups is 2. The first-order chi connectivity index (χ1) is 13.7. The molecule has 4 rings (SSSR count). The average molecular weight is 409 g/mol. The fourth-order valence-electron chi connectivity index (χ4n) is 3.39. The number of anilines is 2. The SMILES string of the molecule is Cc1cc(S(=O)(=O)O)ccc1Nc1ccc(O)c2c1C(=O)c1ccccc1C2=O. The zero-order valence-corrected chi connectivity index (χ0v) is 15.9. The summed E-state index contributed by atoms with van der Waals surface area (Å²) < 4.78 is 31.8. The zero-order valence-electron chi connectivity index (χ0n) is 15.1. The van der Waals surface area contributed by atoms with Crippen molar-refractivity contribution >= 4 is 33.1 Å². The van der Waals surface area contributed by atoms with Gasteiger partial charge in [-0.05, 0) is 42.8 Å². The molecule has 3 aromatic rings. The maximum atomic E-state index is 13.1. The van der Waals surface area contributed by atoms with Gasteiger partial charge in [-0.15, -0.1) is 0 Å². The van der Waals surface area contributed by atoms with Gasteiger partial charge < -0.3 is 10.4 Å². The molecular weight excluding hydrogens is 394 g/mol. The van der Waals surface area contributed by atoms with Crippen LogP contribution in [0.25, 0.3) is 0 Å². The van der Waals surface area contributed by atoms with E-state index in [0.29, 0.717) is 16.9 Å². The van der Waals surface area contributed by atoms with E-state index in [0.717, 1.165) is 0 Å². The van der Waals surface area contributed by atoms with Gasteiger partial charge >= 0.3 is 0 Å². The van der Waals surface area contributed by atoms with Gasteiger partial charge in [-0.1, -0.05) is 24.3 Å². The van der Waals surface area contributed by atoms with Crippen molar-refractivity contribution < 1.29 is 27.7 Å². The van der Waals surface area contributed by atoms with Crippen molar-refractivity contribution in [2.24, 2.45) is 0 Å². The minimum absolute atomic E-state index is 0.0481. The highest BCUT2D eigenvalue weighted by molar-refractivity contribution is 7.85.